The smallest absolute Gasteiger partial charge is 0.151 e. The van der Waals surface area contributed by atoms with Crippen molar-refractivity contribution in [3.8, 4) is 0 Å². The van der Waals surface area contributed by atoms with Crippen LogP contribution in [0, 0.1) is 11.6 Å². The second-order valence-electron chi connectivity index (χ2n) is 4.68. The quantitative estimate of drug-likeness (QED) is 0.813. The van der Waals surface area contributed by atoms with Gasteiger partial charge in [-0.15, -0.1) is 0 Å². The molecule has 18 heavy (non-hydrogen) atoms. The second kappa shape index (κ2) is 5.52. The summed E-state index contributed by atoms with van der Waals surface area (Å²) in [4.78, 5) is 1.83. The predicted octanol–water partition coefficient (Wildman–Crippen LogP) is 2.29. The highest BCUT2D eigenvalue weighted by molar-refractivity contribution is 5.68. The summed E-state index contributed by atoms with van der Waals surface area (Å²) >= 11 is 0. The third-order valence-electron chi connectivity index (χ3n) is 3.49. The van der Waals surface area contributed by atoms with Gasteiger partial charge < -0.3 is 15.7 Å². The Morgan fingerprint density at radius 1 is 1.28 bits per heavy atom. The number of hydrogen-bond acceptors (Lipinski definition) is 3. The van der Waals surface area contributed by atoms with Crippen molar-refractivity contribution in [3.05, 3.63) is 23.8 Å². The molecule has 1 saturated carbocycles. The number of anilines is 2. The first-order valence-electron chi connectivity index (χ1n) is 6.25. The fourth-order valence-electron chi connectivity index (χ4n) is 2.63. The van der Waals surface area contributed by atoms with E-state index in [0.29, 0.717) is 12.2 Å². The van der Waals surface area contributed by atoms with Gasteiger partial charge in [-0.3, -0.25) is 0 Å². The van der Waals surface area contributed by atoms with Crippen molar-refractivity contribution in [2.45, 2.75) is 31.7 Å². The molecular formula is C13H18F2N2O. The van der Waals surface area contributed by atoms with Gasteiger partial charge in [-0.25, -0.2) is 8.78 Å². The van der Waals surface area contributed by atoms with Gasteiger partial charge in [0.1, 0.15) is 5.82 Å². The summed E-state index contributed by atoms with van der Waals surface area (Å²) in [6.45, 7) is 0.284. The number of benzene rings is 1. The minimum Gasteiger partial charge on any atom is -0.395 e. The van der Waals surface area contributed by atoms with Gasteiger partial charge in [-0.1, -0.05) is 12.8 Å². The average Bonchev–Trinajstić information content (AvgIpc) is 2.84. The normalized spacial score (nSPS) is 16.2. The minimum absolute atomic E-state index is 0.0447. The lowest BCUT2D eigenvalue weighted by atomic mass is 10.1. The highest BCUT2D eigenvalue weighted by Gasteiger charge is 2.25. The van der Waals surface area contributed by atoms with E-state index in [1.165, 1.54) is 6.07 Å². The average molecular weight is 256 g/mol. The number of nitrogens with zero attached hydrogens (tertiary/aromatic N) is 1. The molecule has 1 fully saturated rings. The maximum atomic E-state index is 13.5. The molecule has 1 aromatic rings. The highest BCUT2D eigenvalue weighted by atomic mass is 19.1. The van der Waals surface area contributed by atoms with Gasteiger partial charge >= 0.3 is 0 Å². The molecule has 1 aromatic carbocycles. The topological polar surface area (TPSA) is 49.5 Å². The zero-order chi connectivity index (χ0) is 13.1. The van der Waals surface area contributed by atoms with Crippen LogP contribution in [0.5, 0.6) is 0 Å². The molecule has 3 N–H and O–H groups in total. The molecule has 0 spiro atoms. The zero-order valence-electron chi connectivity index (χ0n) is 10.2. The van der Waals surface area contributed by atoms with Gasteiger partial charge in [0.25, 0.3) is 0 Å². The first kappa shape index (κ1) is 13.1. The monoisotopic (exact) mass is 256 g/mol. The van der Waals surface area contributed by atoms with Crippen LogP contribution in [0.4, 0.5) is 20.2 Å². The summed E-state index contributed by atoms with van der Waals surface area (Å²) < 4.78 is 26.8. The lowest BCUT2D eigenvalue weighted by Crippen LogP contribution is -2.36. The van der Waals surface area contributed by atoms with E-state index in [-0.39, 0.29) is 18.3 Å². The van der Waals surface area contributed by atoms with Gasteiger partial charge in [0.15, 0.2) is 5.82 Å². The summed E-state index contributed by atoms with van der Waals surface area (Å²) in [6.07, 6.45) is 4.14. The Morgan fingerprint density at radius 3 is 2.56 bits per heavy atom. The van der Waals surface area contributed by atoms with E-state index in [1.54, 1.807) is 0 Å². The molecule has 0 aliphatic heterocycles. The van der Waals surface area contributed by atoms with Crippen molar-refractivity contribution in [2.75, 3.05) is 23.8 Å². The van der Waals surface area contributed by atoms with E-state index >= 15 is 0 Å². The molecule has 1 aliphatic rings. The van der Waals surface area contributed by atoms with Crippen LogP contribution < -0.4 is 10.6 Å². The molecule has 5 heteroatoms. The Morgan fingerprint density at radius 2 is 1.94 bits per heavy atom. The molecule has 0 atom stereocenters. The van der Waals surface area contributed by atoms with Crippen LogP contribution in [-0.2, 0) is 0 Å². The van der Waals surface area contributed by atoms with E-state index in [1.807, 2.05) is 4.90 Å². The Balaban J connectivity index is 2.35. The SMILES string of the molecule is Nc1c(F)cc(F)cc1N(CCO)C1CCCC1. The van der Waals surface area contributed by atoms with E-state index in [2.05, 4.69) is 0 Å². The van der Waals surface area contributed by atoms with Crippen LogP contribution >= 0.6 is 0 Å². The van der Waals surface area contributed by atoms with Gasteiger partial charge in [0.05, 0.1) is 18.0 Å². The first-order valence-corrected chi connectivity index (χ1v) is 6.25. The number of rotatable bonds is 4. The molecule has 100 valence electrons. The molecular weight excluding hydrogens is 238 g/mol. The predicted molar refractivity (Wildman–Crippen MR) is 67.5 cm³/mol. The second-order valence-corrected chi connectivity index (χ2v) is 4.68. The van der Waals surface area contributed by atoms with Crippen molar-refractivity contribution < 1.29 is 13.9 Å². The molecule has 1 aliphatic carbocycles. The minimum atomic E-state index is -0.745. The highest BCUT2D eigenvalue weighted by Crippen LogP contribution is 2.33. The third kappa shape index (κ3) is 2.56. The van der Waals surface area contributed by atoms with Crippen molar-refractivity contribution in [1.82, 2.24) is 0 Å². The van der Waals surface area contributed by atoms with Crippen molar-refractivity contribution in [2.24, 2.45) is 0 Å². The molecule has 3 nitrogen and oxygen atoms in total. The number of halogens is 2. The molecule has 0 saturated heterocycles. The maximum Gasteiger partial charge on any atom is 0.151 e. The van der Waals surface area contributed by atoms with E-state index in [9.17, 15) is 8.78 Å². The summed E-state index contributed by atoms with van der Waals surface area (Å²) in [5.74, 6) is -1.39. The lowest BCUT2D eigenvalue weighted by molar-refractivity contribution is 0.297. The van der Waals surface area contributed by atoms with Gasteiger partial charge in [0, 0.05) is 18.7 Å². The third-order valence-corrected chi connectivity index (χ3v) is 3.49. The van der Waals surface area contributed by atoms with Gasteiger partial charge in [-0.05, 0) is 18.9 Å². The van der Waals surface area contributed by atoms with Gasteiger partial charge in [0.2, 0.25) is 0 Å². The standard InChI is InChI=1S/C13H18F2N2O/c14-9-7-11(15)13(16)12(8-9)17(5-6-18)10-3-1-2-4-10/h7-8,10,18H,1-6,16H2. The van der Waals surface area contributed by atoms with Crippen LogP contribution in [0.3, 0.4) is 0 Å². The summed E-state index contributed by atoms with van der Waals surface area (Å²) in [5, 5.41) is 9.12. The Hall–Kier alpha value is -1.36. The van der Waals surface area contributed by atoms with E-state index < -0.39 is 11.6 Å². The largest absolute Gasteiger partial charge is 0.395 e. The molecule has 0 amide bonds. The summed E-state index contributed by atoms with van der Waals surface area (Å²) in [5.41, 5.74) is 6.00. The van der Waals surface area contributed by atoms with Crippen LogP contribution in [0.1, 0.15) is 25.7 Å². The van der Waals surface area contributed by atoms with Crippen LogP contribution in [-0.4, -0.2) is 24.3 Å². The lowest BCUT2D eigenvalue weighted by Gasteiger charge is -2.31. The number of nitrogen functional groups attached to an aromatic ring is 1. The van der Waals surface area contributed by atoms with Crippen molar-refractivity contribution >= 4 is 11.4 Å². The fraction of sp³-hybridized carbons (Fsp3) is 0.538. The molecule has 0 bridgehead atoms. The van der Waals surface area contributed by atoms with E-state index in [4.69, 9.17) is 10.8 Å². The summed E-state index contributed by atoms with van der Waals surface area (Å²) in [6, 6.07) is 2.23. The van der Waals surface area contributed by atoms with Crippen LogP contribution in [0.2, 0.25) is 0 Å². The van der Waals surface area contributed by atoms with E-state index in [0.717, 1.165) is 31.7 Å². The molecule has 0 radical (unpaired) electrons. The number of aliphatic hydroxyl groups excluding tert-OH is 1. The fourth-order valence-corrected chi connectivity index (χ4v) is 2.63. The van der Waals surface area contributed by atoms with Crippen LogP contribution in [0.15, 0.2) is 12.1 Å². The first-order chi connectivity index (χ1) is 8.63. The molecule has 0 heterocycles. The maximum absolute atomic E-state index is 13.5. The number of aliphatic hydroxyl groups is 1. The Kier molecular flexibility index (Phi) is 4.01. The Bertz CT molecular complexity index is 420. The molecule has 0 aromatic heterocycles. The van der Waals surface area contributed by atoms with Crippen molar-refractivity contribution in [1.29, 1.82) is 0 Å². The summed E-state index contributed by atoms with van der Waals surface area (Å²) in [7, 11) is 0. The van der Waals surface area contributed by atoms with Gasteiger partial charge in [-0.2, -0.15) is 0 Å². The van der Waals surface area contributed by atoms with Crippen LogP contribution in [0.25, 0.3) is 0 Å². The molecule has 0 unspecified atom stereocenters. The molecule has 2 rings (SSSR count). The zero-order valence-corrected chi connectivity index (χ0v) is 10.2. The number of nitrogens with two attached hydrogens (primary N) is 1. The number of hydrogen-bond donors (Lipinski definition) is 2. The van der Waals surface area contributed by atoms with Crippen molar-refractivity contribution in [3.63, 3.8) is 0 Å². The Labute approximate surface area is 105 Å².